The summed E-state index contributed by atoms with van der Waals surface area (Å²) in [6, 6.07) is 1.34. The van der Waals surface area contributed by atoms with Gasteiger partial charge in [-0.05, 0) is 44.1 Å². The Hall–Kier alpha value is -1.36. The van der Waals surface area contributed by atoms with Crippen LogP contribution in [0.5, 0.6) is 0 Å². The van der Waals surface area contributed by atoms with E-state index in [1.165, 1.54) is 36.9 Å². The molecule has 2 aliphatic heterocycles. The fraction of sp³-hybridized carbons (Fsp3) is 0.750. The molecule has 116 valence electrons. The summed E-state index contributed by atoms with van der Waals surface area (Å²) in [5, 5.41) is 7.59. The summed E-state index contributed by atoms with van der Waals surface area (Å²) >= 11 is 0. The molecule has 3 heterocycles. The van der Waals surface area contributed by atoms with Gasteiger partial charge in [-0.1, -0.05) is 0 Å². The first-order chi connectivity index (χ1) is 10.0. The molecule has 1 amide bonds. The van der Waals surface area contributed by atoms with Gasteiger partial charge in [0.15, 0.2) is 0 Å². The molecule has 1 N–H and O–H groups in total. The Morgan fingerprint density at radius 2 is 2.05 bits per heavy atom. The molecular weight excluding hydrogens is 264 g/mol. The first-order valence-corrected chi connectivity index (χ1v) is 8.02. The summed E-state index contributed by atoms with van der Waals surface area (Å²) in [6.07, 6.45) is 7.12. The van der Waals surface area contributed by atoms with Gasteiger partial charge in [0.1, 0.15) is 0 Å². The number of aryl methyl sites for hydroxylation is 2. The van der Waals surface area contributed by atoms with Gasteiger partial charge in [-0.15, -0.1) is 0 Å². The van der Waals surface area contributed by atoms with Crippen molar-refractivity contribution in [1.82, 2.24) is 20.0 Å². The third-order valence-electron chi connectivity index (χ3n) is 5.07. The lowest BCUT2D eigenvalue weighted by Gasteiger charge is -2.38. The van der Waals surface area contributed by atoms with Gasteiger partial charge in [0.05, 0.1) is 5.69 Å². The third kappa shape index (κ3) is 3.12. The van der Waals surface area contributed by atoms with Gasteiger partial charge in [-0.2, -0.15) is 5.10 Å². The van der Waals surface area contributed by atoms with Gasteiger partial charge in [-0.3, -0.25) is 14.4 Å². The summed E-state index contributed by atoms with van der Waals surface area (Å²) in [5.41, 5.74) is 2.51. The van der Waals surface area contributed by atoms with Crippen molar-refractivity contribution in [2.45, 2.75) is 58.2 Å². The molecule has 2 bridgehead atoms. The van der Waals surface area contributed by atoms with E-state index in [9.17, 15) is 4.79 Å². The van der Waals surface area contributed by atoms with Crippen LogP contribution in [0.25, 0.3) is 0 Å². The number of hydrogen-bond donors (Lipinski definition) is 1. The van der Waals surface area contributed by atoms with Crippen molar-refractivity contribution in [3.05, 3.63) is 17.5 Å². The second-order valence-corrected chi connectivity index (χ2v) is 6.76. The highest BCUT2D eigenvalue weighted by Crippen LogP contribution is 2.39. The normalized spacial score (nSPS) is 28.8. The zero-order valence-electron chi connectivity index (χ0n) is 13.3. The van der Waals surface area contributed by atoms with Gasteiger partial charge in [0, 0.05) is 45.3 Å². The minimum Gasteiger partial charge on any atom is -0.356 e. The van der Waals surface area contributed by atoms with E-state index in [0.717, 1.165) is 13.1 Å². The van der Waals surface area contributed by atoms with Crippen molar-refractivity contribution in [3.63, 3.8) is 0 Å². The Morgan fingerprint density at radius 1 is 1.38 bits per heavy atom. The summed E-state index contributed by atoms with van der Waals surface area (Å²) in [4.78, 5) is 13.7. The molecule has 1 aromatic rings. The average Bonchev–Trinajstić information content (AvgIpc) is 2.84. The zero-order chi connectivity index (χ0) is 15.0. The highest BCUT2D eigenvalue weighted by molar-refractivity contribution is 5.72. The van der Waals surface area contributed by atoms with Crippen LogP contribution in [0.4, 0.5) is 0 Å². The second kappa shape index (κ2) is 5.79. The van der Waals surface area contributed by atoms with Crippen molar-refractivity contribution in [1.29, 1.82) is 0 Å². The zero-order valence-corrected chi connectivity index (χ0v) is 13.3. The second-order valence-electron chi connectivity index (χ2n) is 6.76. The molecule has 0 aromatic carbocycles. The predicted octanol–water partition coefficient (Wildman–Crippen LogP) is 1.61. The van der Waals surface area contributed by atoms with Crippen molar-refractivity contribution in [3.8, 4) is 0 Å². The number of aromatic nitrogens is 2. The van der Waals surface area contributed by atoms with Crippen LogP contribution in [0, 0.1) is 12.8 Å². The molecule has 1 aromatic heterocycles. The Balaban J connectivity index is 1.62. The first kappa shape index (κ1) is 14.6. The maximum atomic E-state index is 11.1. The molecule has 1 unspecified atom stereocenters. The summed E-state index contributed by atoms with van der Waals surface area (Å²) < 4.78 is 1.91. The lowest BCUT2D eigenvalue weighted by Crippen LogP contribution is -2.45. The average molecular weight is 290 g/mol. The summed E-state index contributed by atoms with van der Waals surface area (Å²) in [5.74, 6) is 0.737. The van der Waals surface area contributed by atoms with E-state index in [0.29, 0.717) is 18.0 Å². The number of carbonyl (C=O) groups is 1. The van der Waals surface area contributed by atoms with Gasteiger partial charge < -0.3 is 5.32 Å². The molecule has 21 heavy (non-hydrogen) atoms. The monoisotopic (exact) mass is 290 g/mol. The third-order valence-corrected chi connectivity index (χ3v) is 5.07. The molecule has 0 saturated carbocycles. The smallest absolute Gasteiger partial charge is 0.216 e. The van der Waals surface area contributed by atoms with Crippen LogP contribution in [0.3, 0.4) is 0 Å². The van der Waals surface area contributed by atoms with E-state index in [4.69, 9.17) is 0 Å². The number of amides is 1. The minimum atomic E-state index is 0.0916. The number of fused-ring (bicyclic) bond motifs is 2. The van der Waals surface area contributed by atoms with E-state index in [2.05, 4.69) is 28.4 Å². The van der Waals surface area contributed by atoms with Gasteiger partial charge in [0.2, 0.25) is 5.91 Å². The maximum absolute atomic E-state index is 11.1. The lowest BCUT2D eigenvalue weighted by atomic mass is 9.90. The molecule has 5 nitrogen and oxygen atoms in total. The molecule has 0 radical (unpaired) electrons. The van der Waals surface area contributed by atoms with Crippen molar-refractivity contribution in [2.24, 2.45) is 13.0 Å². The summed E-state index contributed by atoms with van der Waals surface area (Å²) in [6.45, 7) is 5.58. The van der Waals surface area contributed by atoms with E-state index < -0.39 is 0 Å². The number of rotatable bonds is 4. The molecule has 2 saturated heterocycles. The predicted molar refractivity (Wildman–Crippen MR) is 81.7 cm³/mol. The van der Waals surface area contributed by atoms with E-state index in [1.807, 2.05) is 11.7 Å². The molecule has 2 fully saturated rings. The highest BCUT2D eigenvalue weighted by Gasteiger charge is 2.40. The number of hydrogen-bond acceptors (Lipinski definition) is 3. The number of nitrogens with one attached hydrogen (secondary N) is 1. The lowest BCUT2D eigenvalue weighted by molar-refractivity contribution is -0.119. The molecule has 3 atom stereocenters. The Bertz CT molecular complexity index is 510. The quantitative estimate of drug-likeness (QED) is 0.916. The molecule has 5 heteroatoms. The van der Waals surface area contributed by atoms with Crippen LogP contribution in [0.15, 0.2) is 6.20 Å². The summed E-state index contributed by atoms with van der Waals surface area (Å²) in [7, 11) is 1.99. The Labute approximate surface area is 126 Å². The Kier molecular flexibility index (Phi) is 4.02. The van der Waals surface area contributed by atoms with E-state index in [-0.39, 0.29) is 5.91 Å². The first-order valence-electron chi connectivity index (χ1n) is 8.02. The van der Waals surface area contributed by atoms with Gasteiger partial charge in [-0.25, -0.2) is 0 Å². The van der Waals surface area contributed by atoms with Crippen LogP contribution in [0.1, 0.15) is 43.9 Å². The van der Waals surface area contributed by atoms with Gasteiger partial charge in [0.25, 0.3) is 0 Å². The minimum absolute atomic E-state index is 0.0916. The molecule has 2 aliphatic rings. The SMILES string of the molecule is CC(=O)NCC1C[C@H]2CC[C@@H](C1)N2Cc1nn(C)cc1C. The standard InChI is InChI=1S/C16H26N4O/c1-11-9-19(3)18-16(11)10-20-14-4-5-15(20)7-13(6-14)8-17-12(2)21/h9,13-15H,4-8,10H2,1-3H3,(H,17,21)/t13?,14-,15+. The van der Waals surface area contributed by atoms with Crippen molar-refractivity contribution in [2.75, 3.05) is 6.54 Å². The van der Waals surface area contributed by atoms with E-state index >= 15 is 0 Å². The molecule has 0 aliphatic carbocycles. The van der Waals surface area contributed by atoms with Crippen molar-refractivity contribution < 1.29 is 4.79 Å². The number of piperidine rings is 1. The fourth-order valence-electron chi connectivity index (χ4n) is 4.08. The largest absolute Gasteiger partial charge is 0.356 e. The fourth-order valence-corrected chi connectivity index (χ4v) is 4.08. The van der Waals surface area contributed by atoms with Crippen molar-refractivity contribution >= 4 is 5.91 Å². The topological polar surface area (TPSA) is 50.2 Å². The van der Waals surface area contributed by atoms with Crippen LogP contribution in [0.2, 0.25) is 0 Å². The maximum Gasteiger partial charge on any atom is 0.216 e. The van der Waals surface area contributed by atoms with Crippen LogP contribution in [-0.4, -0.2) is 39.2 Å². The number of nitrogens with zero attached hydrogens (tertiary/aromatic N) is 3. The van der Waals surface area contributed by atoms with E-state index in [1.54, 1.807) is 6.92 Å². The number of carbonyl (C=O) groups excluding carboxylic acids is 1. The highest BCUT2D eigenvalue weighted by atomic mass is 16.1. The van der Waals surface area contributed by atoms with Crippen LogP contribution >= 0.6 is 0 Å². The van der Waals surface area contributed by atoms with Gasteiger partial charge >= 0.3 is 0 Å². The molecule has 3 rings (SSSR count). The Morgan fingerprint density at radius 3 is 2.57 bits per heavy atom. The van der Waals surface area contributed by atoms with Crippen LogP contribution < -0.4 is 5.32 Å². The molecule has 0 spiro atoms. The van der Waals surface area contributed by atoms with Crippen LogP contribution in [-0.2, 0) is 18.4 Å². The molecular formula is C16H26N4O.